The van der Waals surface area contributed by atoms with Crippen LogP contribution >= 0.6 is 0 Å². The zero-order valence-corrected chi connectivity index (χ0v) is 13.7. The van der Waals surface area contributed by atoms with Gasteiger partial charge in [-0.05, 0) is 56.6 Å². The standard InChI is InChI=1S/C17H29N3/c1-11(2)9-18-10-12(3)17-13(4)19-16(20-14(17)5)8-15-6-7-15/h11-12,15,18H,6-10H2,1-5H3. The zero-order valence-electron chi connectivity index (χ0n) is 13.7. The Kier molecular flexibility index (Phi) is 5.14. The van der Waals surface area contributed by atoms with Crippen molar-refractivity contribution in [3.8, 4) is 0 Å². The minimum atomic E-state index is 0.476. The van der Waals surface area contributed by atoms with E-state index in [1.54, 1.807) is 0 Å². The van der Waals surface area contributed by atoms with E-state index in [0.717, 1.165) is 31.3 Å². The summed E-state index contributed by atoms with van der Waals surface area (Å²) in [6.07, 6.45) is 3.79. The molecule has 0 aromatic carbocycles. The van der Waals surface area contributed by atoms with Gasteiger partial charge in [0.1, 0.15) is 5.82 Å². The van der Waals surface area contributed by atoms with E-state index < -0.39 is 0 Å². The van der Waals surface area contributed by atoms with Crippen LogP contribution < -0.4 is 5.32 Å². The first-order valence-corrected chi connectivity index (χ1v) is 8.02. The normalized spacial score (nSPS) is 16.7. The van der Waals surface area contributed by atoms with Gasteiger partial charge in [0, 0.05) is 24.4 Å². The van der Waals surface area contributed by atoms with Crippen molar-refractivity contribution in [3.63, 3.8) is 0 Å². The van der Waals surface area contributed by atoms with Crippen LogP contribution in [-0.2, 0) is 6.42 Å². The molecule has 20 heavy (non-hydrogen) atoms. The van der Waals surface area contributed by atoms with Crippen molar-refractivity contribution in [1.82, 2.24) is 15.3 Å². The molecule has 0 bridgehead atoms. The second-order valence-electron chi connectivity index (χ2n) is 6.82. The number of nitrogens with zero attached hydrogens (tertiary/aromatic N) is 2. The molecule has 0 saturated heterocycles. The lowest BCUT2D eigenvalue weighted by Crippen LogP contribution is -2.25. The van der Waals surface area contributed by atoms with Crippen LogP contribution in [0.3, 0.4) is 0 Å². The minimum absolute atomic E-state index is 0.476. The van der Waals surface area contributed by atoms with Gasteiger partial charge in [-0.3, -0.25) is 0 Å². The number of nitrogens with one attached hydrogen (secondary N) is 1. The Hall–Kier alpha value is -0.960. The molecule has 0 radical (unpaired) electrons. The van der Waals surface area contributed by atoms with E-state index in [9.17, 15) is 0 Å². The average Bonchev–Trinajstić information content (AvgIpc) is 3.11. The summed E-state index contributed by atoms with van der Waals surface area (Å²) in [7, 11) is 0. The Balaban J connectivity index is 2.02. The summed E-state index contributed by atoms with van der Waals surface area (Å²) in [6, 6.07) is 0. The highest BCUT2D eigenvalue weighted by atomic mass is 14.9. The van der Waals surface area contributed by atoms with Crippen molar-refractivity contribution in [1.29, 1.82) is 0 Å². The molecule has 1 aromatic rings. The molecule has 1 aliphatic carbocycles. The first kappa shape index (κ1) is 15.4. The van der Waals surface area contributed by atoms with Gasteiger partial charge in [0.05, 0.1) is 0 Å². The van der Waals surface area contributed by atoms with Gasteiger partial charge in [0.25, 0.3) is 0 Å². The Labute approximate surface area is 123 Å². The molecule has 3 nitrogen and oxygen atoms in total. The molecular weight excluding hydrogens is 246 g/mol. The third-order valence-corrected chi connectivity index (χ3v) is 4.04. The molecule has 1 atom stereocenters. The average molecular weight is 275 g/mol. The van der Waals surface area contributed by atoms with E-state index in [-0.39, 0.29) is 0 Å². The number of hydrogen-bond acceptors (Lipinski definition) is 3. The Morgan fingerprint density at radius 2 is 1.65 bits per heavy atom. The maximum absolute atomic E-state index is 4.74. The molecule has 0 spiro atoms. The molecule has 1 saturated carbocycles. The summed E-state index contributed by atoms with van der Waals surface area (Å²) in [6.45, 7) is 13.1. The summed E-state index contributed by atoms with van der Waals surface area (Å²) in [5, 5.41) is 3.54. The summed E-state index contributed by atoms with van der Waals surface area (Å²) in [5.41, 5.74) is 3.68. The van der Waals surface area contributed by atoms with Crippen LogP contribution in [0.15, 0.2) is 0 Å². The van der Waals surface area contributed by atoms with Gasteiger partial charge in [-0.2, -0.15) is 0 Å². The fourth-order valence-electron chi connectivity index (χ4n) is 2.87. The van der Waals surface area contributed by atoms with E-state index >= 15 is 0 Å². The molecule has 3 heteroatoms. The molecule has 1 N–H and O–H groups in total. The second-order valence-corrected chi connectivity index (χ2v) is 6.82. The van der Waals surface area contributed by atoms with Crippen LogP contribution in [0.25, 0.3) is 0 Å². The summed E-state index contributed by atoms with van der Waals surface area (Å²) < 4.78 is 0. The smallest absolute Gasteiger partial charge is 0.129 e. The predicted octanol–water partition coefficient (Wildman–Crippen LogP) is 3.40. The number of aryl methyl sites for hydroxylation is 2. The lowest BCUT2D eigenvalue weighted by molar-refractivity contribution is 0.525. The lowest BCUT2D eigenvalue weighted by Gasteiger charge is -2.18. The minimum Gasteiger partial charge on any atom is -0.316 e. The maximum atomic E-state index is 4.74. The molecule has 112 valence electrons. The third kappa shape index (κ3) is 4.27. The highest BCUT2D eigenvalue weighted by molar-refractivity contribution is 5.28. The molecule has 1 aliphatic rings. The molecule has 0 amide bonds. The van der Waals surface area contributed by atoms with Gasteiger partial charge in [0.15, 0.2) is 0 Å². The molecule has 2 rings (SSSR count). The summed E-state index contributed by atoms with van der Waals surface area (Å²) in [4.78, 5) is 9.48. The second kappa shape index (κ2) is 6.66. The van der Waals surface area contributed by atoms with E-state index in [1.807, 2.05) is 0 Å². The van der Waals surface area contributed by atoms with Crippen LogP contribution in [0.1, 0.15) is 62.3 Å². The fourth-order valence-corrected chi connectivity index (χ4v) is 2.87. The van der Waals surface area contributed by atoms with E-state index in [0.29, 0.717) is 11.8 Å². The van der Waals surface area contributed by atoms with Crippen molar-refractivity contribution in [2.45, 2.75) is 59.8 Å². The van der Waals surface area contributed by atoms with Crippen LogP contribution in [0.2, 0.25) is 0 Å². The molecule has 1 fully saturated rings. The molecular formula is C17H29N3. The predicted molar refractivity (Wildman–Crippen MR) is 84.1 cm³/mol. The largest absolute Gasteiger partial charge is 0.316 e. The van der Waals surface area contributed by atoms with Crippen molar-refractivity contribution in [2.75, 3.05) is 13.1 Å². The van der Waals surface area contributed by atoms with Crippen LogP contribution in [-0.4, -0.2) is 23.1 Å². The van der Waals surface area contributed by atoms with Crippen LogP contribution in [0, 0.1) is 25.7 Å². The van der Waals surface area contributed by atoms with Crippen LogP contribution in [0.5, 0.6) is 0 Å². The van der Waals surface area contributed by atoms with E-state index in [4.69, 9.17) is 9.97 Å². The van der Waals surface area contributed by atoms with Crippen LogP contribution in [0.4, 0.5) is 0 Å². The summed E-state index contributed by atoms with van der Waals surface area (Å²) >= 11 is 0. The molecule has 0 aliphatic heterocycles. The Bertz CT molecular complexity index is 427. The quantitative estimate of drug-likeness (QED) is 0.829. The fraction of sp³-hybridized carbons (Fsp3) is 0.765. The van der Waals surface area contributed by atoms with E-state index in [2.05, 4.69) is 39.9 Å². The topological polar surface area (TPSA) is 37.8 Å². The van der Waals surface area contributed by atoms with Gasteiger partial charge in [-0.1, -0.05) is 20.8 Å². The van der Waals surface area contributed by atoms with Gasteiger partial charge in [-0.15, -0.1) is 0 Å². The van der Waals surface area contributed by atoms with Gasteiger partial charge >= 0.3 is 0 Å². The van der Waals surface area contributed by atoms with Crippen molar-refractivity contribution in [3.05, 3.63) is 22.8 Å². The maximum Gasteiger partial charge on any atom is 0.129 e. The molecule has 1 heterocycles. The monoisotopic (exact) mass is 275 g/mol. The SMILES string of the molecule is Cc1nc(CC2CC2)nc(C)c1C(C)CNCC(C)C. The van der Waals surface area contributed by atoms with Gasteiger partial charge in [-0.25, -0.2) is 9.97 Å². The number of aromatic nitrogens is 2. The van der Waals surface area contributed by atoms with Gasteiger partial charge in [0.2, 0.25) is 0 Å². The number of rotatable bonds is 7. The van der Waals surface area contributed by atoms with Gasteiger partial charge < -0.3 is 5.32 Å². The Morgan fingerprint density at radius 1 is 1.05 bits per heavy atom. The summed E-state index contributed by atoms with van der Waals surface area (Å²) in [5.74, 6) is 3.07. The number of hydrogen-bond donors (Lipinski definition) is 1. The highest BCUT2D eigenvalue weighted by Gasteiger charge is 2.24. The Morgan fingerprint density at radius 3 is 2.15 bits per heavy atom. The molecule has 1 aromatic heterocycles. The van der Waals surface area contributed by atoms with E-state index in [1.165, 1.54) is 29.8 Å². The van der Waals surface area contributed by atoms with Crippen molar-refractivity contribution < 1.29 is 0 Å². The third-order valence-electron chi connectivity index (χ3n) is 4.04. The zero-order chi connectivity index (χ0) is 14.7. The molecule has 1 unspecified atom stereocenters. The van der Waals surface area contributed by atoms with Crippen molar-refractivity contribution in [2.24, 2.45) is 11.8 Å². The highest BCUT2D eigenvalue weighted by Crippen LogP contribution is 2.32. The lowest BCUT2D eigenvalue weighted by atomic mass is 9.97. The van der Waals surface area contributed by atoms with Crippen molar-refractivity contribution >= 4 is 0 Å². The first-order chi connectivity index (χ1) is 9.47. The first-order valence-electron chi connectivity index (χ1n) is 8.02.